The van der Waals surface area contributed by atoms with Gasteiger partial charge in [0, 0.05) is 12.5 Å². The van der Waals surface area contributed by atoms with E-state index in [1.807, 2.05) is 0 Å². The molecule has 0 bridgehead atoms. The molecule has 1 rings (SSSR count). The molecule has 1 amide bonds. The van der Waals surface area contributed by atoms with Gasteiger partial charge in [0.2, 0.25) is 5.91 Å². The number of rotatable bonds is 5. The Kier molecular flexibility index (Phi) is 5.96. The van der Waals surface area contributed by atoms with Crippen molar-refractivity contribution in [2.75, 3.05) is 6.54 Å². The van der Waals surface area contributed by atoms with Gasteiger partial charge in [-0.2, -0.15) is 0 Å². The molecular weight excluding hydrogens is 214 g/mol. The van der Waals surface area contributed by atoms with E-state index in [2.05, 4.69) is 19.2 Å². The molecule has 1 fully saturated rings. The molecule has 3 heteroatoms. The normalized spacial score (nSPS) is 28.5. The number of hydrogen-bond donors (Lipinski definition) is 2. The molecule has 1 aliphatic carbocycles. The first-order valence-electron chi connectivity index (χ1n) is 6.94. The van der Waals surface area contributed by atoms with Crippen molar-refractivity contribution in [3.05, 3.63) is 0 Å². The summed E-state index contributed by atoms with van der Waals surface area (Å²) >= 11 is 0. The van der Waals surface area contributed by atoms with Gasteiger partial charge in [-0.3, -0.25) is 4.79 Å². The summed E-state index contributed by atoms with van der Waals surface area (Å²) in [5.74, 6) is 1.47. The molecule has 0 aromatic heterocycles. The Hall–Kier alpha value is -0.570. The van der Waals surface area contributed by atoms with Crippen molar-refractivity contribution >= 4 is 5.91 Å². The van der Waals surface area contributed by atoms with Crippen LogP contribution in [0.3, 0.4) is 0 Å². The lowest BCUT2D eigenvalue weighted by Gasteiger charge is -2.26. The Morgan fingerprint density at radius 3 is 2.71 bits per heavy atom. The highest BCUT2D eigenvalue weighted by atomic mass is 16.3. The van der Waals surface area contributed by atoms with E-state index in [1.54, 1.807) is 6.92 Å². The summed E-state index contributed by atoms with van der Waals surface area (Å²) in [6.07, 6.45) is 5.00. The standard InChI is InChI=1S/C14H27NO2/c1-10-5-4-6-13(8-10)14(17)15-9-11(2)7-12(3)16/h10-13,16H,4-9H2,1-3H3,(H,15,17). The van der Waals surface area contributed by atoms with Crippen LogP contribution in [0.5, 0.6) is 0 Å². The molecule has 0 spiro atoms. The van der Waals surface area contributed by atoms with Crippen molar-refractivity contribution in [1.82, 2.24) is 5.32 Å². The maximum absolute atomic E-state index is 12.0. The average Bonchev–Trinajstić information content (AvgIpc) is 2.25. The van der Waals surface area contributed by atoms with Gasteiger partial charge in [0.05, 0.1) is 6.10 Å². The summed E-state index contributed by atoms with van der Waals surface area (Å²) in [6, 6.07) is 0. The zero-order valence-corrected chi connectivity index (χ0v) is 11.4. The average molecular weight is 241 g/mol. The van der Waals surface area contributed by atoms with Crippen LogP contribution < -0.4 is 5.32 Å². The van der Waals surface area contributed by atoms with Crippen molar-refractivity contribution in [2.45, 2.75) is 59.0 Å². The van der Waals surface area contributed by atoms with E-state index in [9.17, 15) is 9.90 Å². The van der Waals surface area contributed by atoms with Gasteiger partial charge in [-0.25, -0.2) is 0 Å². The molecule has 4 unspecified atom stereocenters. The van der Waals surface area contributed by atoms with Crippen LogP contribution in [0.2, 0.25) is 0 Å². The van der Waals surface area contributed by atoms with Crippen LogP contribution in [0, 0.1) is 17.8 Å². The van der Waals surface area contributed by atoms with Crippen molar-refractivity contribution in [3.63, 3.8) is 0 Å². The second-order valence-electron chi connectivity index (χ2n) is 5.90. The highest BCUT2D eigenvalue weighted by Crippen LogP contribution is 2.28. The Morgan fingerprint density at radius 1 is 1.41 bits per heavy atom. The number of aliphatic hydroxyl groups excluding tert-OH is 1. The molecule has 0 aromatic rings. The third-order valence-corrected chi connectivity index (χ3v) is 3.68. The maximum Gasteiger partial charge on any atom is 0.223 e. The van der Waals surface area contributed by atoms with Gasteiger partial charge in [0.25, 0.3) is 0 Å². The van der Waals surface area contributed by atoms with E-state index in [0.717, 1.165) is 19.3 Å². The fraction of sp³-hybridized carbons (Fsp3) is 0.929. The van der Waals surface area contributed by atoms with Crippen LogP contribution in [-0.2, 0) is 4.79 Å². The Labute approximate surface area is 105 Å². The van der Waals surface area contributed by atoms with E-state index >= 15 is 0 Å². The molecule has 0 heterocycles. The zero-order valence-electron chi connectivity index (χ0n) is 11.4. The quantitative estimate of drug-likeness (QED) is 0.776. The third-order valence-electron chi connectivity index (χ3n) is 3.68. The summed E-state index contributed by atoms with van der Waals surface area (Å²) < 4.78 is 0. The first-order chi connectivity index (χ1) is 7.99. The zero-order chi connectivity index (χ0) is 12.8. The molecule has 0 saturated heterocycles. The summed E-state index contributed by atoms with van der Waals surface area (Å²) in [7, 11) is 0. The Balaban J connectivity index is 2.24. The molecule has 0 aliphatic heterocycles. The lowest BCUT2D eigenvalue weighted by Crippen LogP contribution is -2.36. The fourth-order valence-corrected chi connectivity index (χ4v) is 2.76. The monoisotopic (exact) mass is 241 g/mol. The first-order valence-corrected chi connectivity index (χ1v) is 6.94. The number of carbonyl (C=O) groups excluding carboxylic acids is 1. The van der Waals surface area contributed by atoms with E-state index in [0.29, 0.717) is 18.4 Å². The van der Waals surface area contributed by atoms with Crippen molar-refractivity contribution in [1.29, 1.82) is 0 Å². The number of amides is 1. The second-order valence-corrected chi connectivity index (χ2v) is 5.90. The summed E-state index contributed by atoms with van der Waals surface area (Å²) in [4.78, 5) is 12.0. The van der Waals surface area contributed by atoms with Crippen LogP contribution in [0.4, 0.5) is 0 Å². The number of hydrogen-bond acceptors (Lipinski definition) is 2. The van der Waals surface area contributed by atoms with Gasteiger partial charge in [-0.1, -0.05) is 26.7 Å². The summed E-state index contributed by atoms with van der Waals surface area (Å²) in [5, 5.41) is 12.3. The van der Waals surface area contributed by atoms with Crippen molar-refractivity contribution in [3.8, 4) is 0 Å². The Morgan fingerprint density at radius 2 is 2.12 bits per heavy atom. The Bertz CT molecular complexity index is 240. The first kappa shape index (κ1) is 14.5. The number of aliphatic hydroxyl groups is 1. The van der Waals surface area contributed by atoms with Crippen LogP contribution in [0.15, 0.2) is 0 Å². The van der Waals surface area contributed by atoms with E-state index in [1.165, 1.54) is 12.8 Å². The molecule has 1 saturated carbocycles. The van der Waals surface area contributed by atoms with E-state index in [4.69, 9.17) is 0 Å². The molecule has 4 atom stereocenters. The molecule has 0 aromatic carbocycles. The summed E-state index contributed by atoms with van der Waals surface area (Å²) in [6.45, 7) is 6.78. The lowest BCUT2D eigenvalue weighted by molar-refractivity contribution is -0.126. The predicted molar refractivity (Wildman–Crippen MR) is 69.6 cm³/mol. The molecule has 100 valence electrons. The third kappa shape index (κ3) is 5.53. The second kappa shape index (κ2) is 7.00. The lowest BCUT2D eigenvalue weighted by atomic mass is 9.82. The predicted octanol–water partition coefficient (Wildman–Crippen LogP) is 2.34. The molecule has 2 N–H and O–H groups in total. The highest BCUT2D eigenvalue weighted by Gasteiger charge is 2.24. The minimum atomic E-state index is -0.281. The van der Waals surface area contributed by atoms with Gasteiger partial charge in [0.1, 0.15) is 0 Å². The van der Waals surface area contributed by atoms with Gasteiger partial charge < -0.3 is 10.4 Å². The van der Waals surface area contributed by atoms with E-state index < -0.39 is 0 Å². The highest BCUT2D eigenvalue weighted by molar-refractivity contribution is 5.78. The van der Waals surface area contributed by atoms with Crippen molar-refractivity contribution < 1.29 is 9.90 Å². The van der Waals surface area contributed by atoms with Gasteiger partial charge in [0.15, 0.2) is 0 Å². The molecule has 0 radical (unpaired) electrons. The minimum Gasteiger partial charge on any atom is -0.393 e. The smallest absolute Gasteiger partial charge is 0.223 e. The van der Waals surface area contributed by atoms with Gasteiger partial charge >= 0.3 is 0 Å². The number of carbonyl (C=O) groups is 1. The maximum atomic E-state index is 12.0. The van der Waals surface area contributed by atoms with Gasteiger partial charge in [-0.15, -0.1) is 0 Å². The van der Waals surface area contributed by atoms with Crippen LogP contribution >= 0.6 is 0 Å². The van der Waals surface area contributed by atoms with Gasteiger partial charge in [-0.05, 0) is 38.0 Å². The van der Waals surface area contributed by atoms with Crippen LogP contribution in [0.1, 0.15) is 52.9 Å². The topological polar surface area (TPSA) is 49.3 Å². The molecular formula is C14H27NO2. The summed E-state index contributed by atoms with van der Waals surface area (Å²) in [5.41, 5.74) is 0. The SMILES string of the molecule is CC(O)CC(C)CNC(=O)C1CCCC(C)C1. The number of nitrogens with one attached hydrogen (secondary N) is 1. The molecule has 3 nitrogen and oxygen atoms in total. The van der Waals surface area contributed by atoms with Crippen LogP contribution in [0.25, 0.3) is 0 Å². The largest absolute Gasteiger partial charge is 0.393 e. The van der Waals surface area contributed by atoms with Crippen molar-refractivity contribution in [2.24, 2.45) is 17.8 Å². The molecule has 1 aliphatic rings. The molecule has 17 heavy (non-hydrogen) atoms. The minimum absolute atomic E-state index is 0.217. The fourth-order valence-electron chi connectivity index (χ4n) is 2.76. The van der Waals surface area contributed by atoms with Crippen LogP contribution in [-0.4, -0.2) is 23.7 Å². The van der Waals surface area contributed by atoms with E-state index in [-0.39, 0.29) is 17.9 Å².